The highest BCUT2D eigenvalue weighted by molar-refractivity contribution is 7.88. The predicted octanol–water partition coefficient (Wildman–Crippen LogP) is 4.19. The summed E-state index contributed by atoms with van der Waals surface area (Å²) in [6.07, 6.45) is 0.981. The van der Waals surface area contributed by atoms with Crippen molar-refractivity contribution in [3.8, 4) is 11.5 Å². The molecule has 2 N–H and O–H groups in total. The maximum absolute atomic E-state index is 11.8. The number of sulfonamides is 1. The van der Waals surface area contributed by atoms with Crippen LogP contribution in [0.4, 0.5) is 0 Å². The molecule has 0 saturated heterocycles. The van der Waals surface area contributed by atoms with E-state index < -0.39 is 26.8 Å². The van der Waals surface area contributed by atoms with Crippen molar-refractivity contribution >= 4 is 50.6 Å². The predicted molar refractivity (Wildman–Crippen MR) is 135 cm³/mol. The first-order valence-corrected chi connectivity index (χ1v) is 13.4. The van der Waals surface area contributed by atoms with E-state index in [-0.39, 0.29) is 31.4 Å². The second-order valence-electron chi connectivity index (χ2n) is 8.76. The number of nitrogens with one attached hydrogen (secondary N) is 1. The van der Waals surface area contributed by atoms with Crippen LogP contribution >= 0.6 is 34.8 Å². The molecule has 2 aromatic rings. The Morgan fingerprint density at radius 1 is 1.03 bits per heavy atom. The number of hydrogen-bond acceptors (Lipinski definition) is 6. The van der Waals surface area contributed by atoms with Gasteiger partial charge < -0.3 is 14.6 Å². The molecule has 188 valence electrons. The summed E-state index contributed by atoms with van der Waals surface area (Å²) in [6.45, 7) is 4.92. The van der Waals surface area contributed by atoms with Gasteiger partial charge in [-0.1, -0.05) is 49.2 Å². The van der Waals surface area contributed by atoms with Crippen LogP contribution in [0.1, 0.15) is 31.9 Å². The van der Waals surface area contributed by atoms with E-state index in [1.54, 1.807) is 31.2 Å². The number of Topliss-reactive ketones (excluding diaryl/α,β-unsaturated/α-hetero) is 1. The minimum Gasteiger partial charge on any atom is -0.487 e. The number of alkyl halides is 1. The van der Waals surface area contributed by atoms with Crippen molar-refractivity contribution in [1.29, 1.82) is 0 Å². The first-order chi connectivity index (χ1) is 15.6. The Kier molecular flexibility index (Phi) is 9.67. The second-order valence-corrected chi connectivity index (χ2v) is 11.7. The van der Waals surface area contributed by atoms with E-state index in [0.717, 1.165) is 17.4 Å². The van der Waals surface area contributed by atoms with E-state index in [4.69, 9.17) is 44.3 Å². The minimum atomic E-state index is -3.44. The summed E-state index contributed by atoms with van der Waals surface area (Å²) in [6, 6.07) is 10.7. The lowest BCUT2D eigenvalue weighted by Gasteiger charge is -2.28. The number of ether oxygens (including phenoxy) is 2. The quantitative estimate of drug-likeness (QED) is 0.383. The number of hydrogen-bond donors (Lipinski definition) is 2. The topological polar surface area (TPSA) is 102 Å². The summed E-state index contributed by atoms with van der Waals surface area (Å²) in [7, 11) is -3.44. The molecule has 34 heavy (non-hydrogen) atoms. The average Bonchev–Trinajstić information content (AvgIpc) is 2.75. The third kappa shape index (κ3) is 8.29. The summed E-state index contributed by atoms with van der Waals surface area (Å²) in [5.74, 6) is 0.345. The Labute approximate surface area is 215 Å². The number of halogens is 3. The highest BCUT2D eigenvalue weighted by Gasteiger charge is 2.27. The SMILES string of the molecule is CC(C)(c1ccc(OCC(=O)CNS(C)(=O)=O)cc1)c1cc(Cl)c(OC[C@](C)(O)CCl)c(Cl)c1. The third-order valence-electron chi connectivity index (χ3n) is 5.04. The van der Waals surface area contributed by atoms with Crippen LogP contribution in [0.5, 0.6) is 11.5 Å². The molecule has 0 saturated carbocycles. The lowest BCUT2D eigenvalue weighted by molar-refractivity contribution is -0.119. The van der Waals surface area contributed by atoms with E-state index in [1.165, 1.54) is 0 Å². The fourth-order valence-electron chi connectivity index (χ4n) is 2.89. The zero-order valence-corrected chi connectivity index (χ0v) is 22.4. The molecule has 0 spiro atoms. The number of benzene rings is 2. The molecule has 0 aliphatic carbocycles. The van der Waals surface area contributed by atoms with E-state index in [0.29, 0.717) is 15.8 Å². The van der Waals surface area contributed by atoms with Crippen LogP contribution in [0.3, 0.4) is 0 Å². The van der Waals surface area contributed by atoms with Crippen molar-refractivity contribution in [1.82, 2.24) is 4.72 Å². The highest BCUT2D eigenvalue weighted by Crippen LogP contribution is 2.41. The molecule has 0 aliphatic heterocycles. The standard InChI is InChI=1S/C23H28Cl3NO6S/c1-22(2,16-9-19(25)21(20(26)10-16)33-14-23(3,29)13-24)15-5-7-18(8-6-15)32-12-17(28)11-27-34(4,30)31/h5-10,27,29H,11-14H2,1-4H3/t23-/m1/s1. The molecule has 2 aromatic carbocycles. The van der Waals surface area contributed by atoms with Gasteiger partial charge in [-0.3, -0.25) is 4.79 Å². The molecule has 7 nitrogen and oxygen atoms in total. The average molecular weight is 553 g/mol. The number of carbonyl (C=O) groups is 1. The fourth-order valence-corrected chi connectivity index (χ4v) is 3.98. The molecule has 0 bridgehead atoms. The van der Waals surface area contributed by atoms with Gasteiger partial charge in [-0.2, -0.15) is 0 Å². The van der Waals surface area contributed by atoms with Crippen LogP contribution in [0.2, 0.25) is 10.0 Å². The fraction of sp³-hybridized carbons (Fsp3) is 0.435. The van der Waals surface area contributed by atoms with Crippen molar-refractivity contribution in [2.75, 3.05) is 31.9 Å². The molecular formula is C23H28Cl3NO6S. The van der Waals surface area contributed by atoms with Crippen LogP contribution in [0.25, 0.3) is 0 Å². The van der Waals surface area contributed by atoms with E-state index >= 15 is 0 Å². The van der Waals surface area contributed by atoms with Crippen molar-refractivity contribution in [2.24, 2.45) is 0 Å². The molecule has 0 radical (unpaired) electrons. The largest absolute Gasteiger partial charge is 0.487 e. The van der Waals surface area contributed by atoms with Crippen molar-refractivity contribution in [2.45, 2.75) is 31.8 Å². The molecule has 0 aromatic heterocycles. The van der Waals surface area contributed by atoms with E-state index in [1.807, 2.05) is 26.0 Å². The second kappa shape index (κ2) is 11.5. The zero-order valence-electron chi connectivity index (χ0n) is 19.3. The molecule has 11 heteroatoms. The van der Waals surface area contributed by atoms with E-state index in [9.17, 15) is 18.3 Å². The van der Waals surface area contributed by atoms with Crippen LogP contribution in [-0.4, -0.2) is 56.8 Å². The number of rotatable bonds is 12. The summed E-state index contributed by atoms with van der Waals surface area (Å²) in [5.41, 5.74) is 0.0804. The first-order valence-electron chi connectivity index (χ1n) is 10.2. The van der Waals surface area contributed by atoms with Crippen LogP contribution in [0.15, 0.2) is 36.4 Å². The normalized spacial score (nSPS) is 13.9. The summed E-state index contributed by atoms with van der Waals surface area (Å²) < 4.78 is 35.3. The van der Waals surface area contributed by atoms with Crippen molar-refractivity contribution < 1.29 is 27.8 Å². The first kappa shape index (κ1) is 28.7. The van der Waals surface area contributed by atoms with Crippen molar-refractivity contribution in [3.05, 3.63) is 57.6 Å². The van der Waals surface area contributed by atoms with Gasteiger partial charge in [-0.05, 0) is 42.3 Å². The molecule has 1 atom stereocenters. The lowest BCUT2D eigenvalue weighted by atomic mass is 9.78. The van der Waals surface area contributed by atoms with Gasteiger partial charge >= 0.3 is 0 Å². The summed E-state index contributed by atoms with van der Waals surface area (Å²) in [4.78, 5) is 11.8. The van der Waals surface area contributed by atoms with Gasteiger partial charge in [-0.25, -0.2) is 13.1 Å². The van der Waals surface area contributed by atoms with Crippen LogP contribution < -0.4 is 14.2 Å². The Morgan fingerprint density at radius 2 is 1.59 bits per heavy atom. The Morgan fingerprint density at radius 3 is 2.09 bits per heavy atom. The van der Waals surface area contributed by atoms with Gasteiger partial charge in [0, 0.05) is 5.41 Å². The molecule has 0 fully saturated rings. The Balaban J connectivity index is 2.11. The minimum absolute atomic E-state index is 0.00123. The maximum atomic E-state index is 11.8. The molecule has 0 amide bonds. The van der Waals surface area contributed by atoms with Gasteiger partial charge in [0.1, 0.15) is 24.6 Å². The molecule has 2 rings (SSSR count). The number of aliphatic hydroxyl groups is 1. The zero-order chi connectivity index (χ0) is 25.7. The highest BCUT2D eigenvalue weighted by atomic mass is 35.5. The Hall–Kier alpha value is -1.55. The third-order valence-corrected chi connectivity index (χ3v) is 6.85. The van der Waals surface area contributed by atoms with Gasteiger partial charge in [0.05, 0.1) is 28.7 Å². The summed E-state index contributed by atoms with van der Waals surface area (Å²) in [5, 5.41) is 10.7. The smallest absolute Gasteiger partial charge is 0.209 e. The summed E-state index contributed by atoms with van der Waals surface area (Å²) >= 11 is 18.6. The maximum Gasteiger partial charge on any atom is 0.209 e. The van der Waals surface area contributed by atoms with E-state index in [2.05, 4.69) is 4.72 Å². The van der Waals surface area contributed by atoms with Crippen LogP contribution in [0, 0.1) is 0 Å². The van der Waals surface area contributed by atoms with Gasteiger partial charge in [0.2, 0.25) is 10.0 Å². The molecule has 0 heterocycles. The van der Waals surface area contributed by atoms with Gasteiger partial charge in [0.15, 0.2) is 11.5 Å². The lowest BCUT2D eigenvalue weighted by Crippen LogP contribution is -2.34. The Bertz CT molecular complexity index is 1100. The number of carbonyl (C=O) groups excluding carboxylic acids is 1. The molecule has 0 aliphatic rings. The van der Waals surface area contributed by atoms with Crippen molar-refractivity contribution in [3.63, 3.8) is 0 Å². The monoisotopic (exact) mass is 551 g/mol. The number of ketones is 1. The van der Waals surface area contributed by atoms with Crippen LogP contribution in [-0.2, 0) is 20.2 Å². The van der Waals surface area contributed by atoms with Gasteiger partial charge in [0.25, 0.3) is 0 Å². The van der Waals surface area contributed by atoms with Gasteiger partial charge in [-0.15, -0.1) is 11.6 Å². The molecular weight excluding hydrogens is 525 g/mol. The molecule has 0 unspecified atom stereocenters.